The maximum absolute atomic E-state index is 11.0. The second-order valence-electron chi connectivity index (χ2n) is 4.93. The predicted octanol–water partition coefficient (Wildman–Crippen LogP) is 2.83. The lowest BCUT2D eigenvalue weighted by Gasteiger charge is -2.31. The lowest BCUT2D eigenvalue weighted by Crippen LogP contribution is -2.38. The Kier molecular flexibility index (Phi) is 3.92. The van der Waals surface area contributed by atoms with Crippen molar-refractivity contribution in [3.63, 3.8) is 0 Å². The van der Waals surface area contributed by atoms with Gasteiger partial charge in [-0.05, 0) is 25.8 Å². The fraction of sp³-hybridized carbons (Fsp3) is 0.615. The van der Waals surface area contributed by atoms with Gasteiger partial charge in [0, 0.05) is 4.88 Å². The largest absolute Gasteiger partial charge is 0.489 e. The molecule has 1 heterocycles. The molecule has 2 N–H and O–H groups in total. The number of aryl methyl sites for hydroxylation is 1. The summed E-state index contributed by atoms with van der Waals surface area (Å²) >= 11 is 1.20. The van der Waals surface area contributed by atoms with Crippen LogP contribution in [-0.2, 0) is 0 Å². The van der Waals surface area contributed by atoms with E-state index < -0.39 is 11.6 Å². The first kappa shape index (κ1) is 13.4. The number of ether oxygens (including phenoxy) is 1. The quantitative estimate of drug-likeness (QED) is 0.883. The van der Waals surface area contributed by atoms with E-state index in [0.717, 1.165) is 37.0 Å². The van der Waals surface area contributed by atoms with Crippen molar-refractivity contribution in [2.45, 2.75) is 44.6 Å². The molecule has 1 fully saturated rings. The molecule has 1 aromatic rings. The summed E-state index contributed by atoms with van der Waals surface area (Å²) in [4.78, 5) is 12.1. The van der Waals surface area contributed by atoms with Gasteiger partial charge in [-0.25, -0.2) is 4.79 Å². The lowest BCUT2D eigenvalue weighted by atomic mass is 9.85. The van der Waals surface area contributed by atoms with Crippen LogP contribution in [-0.4, -0.2) is 28.4 Å². The molecule has 0 aromatic carbocycles. The smallest absolute Gasteiger partial charge is 0.349 e. The molecule has 5 heteroatoms. The fourth-order valence-corrected chi connectivity index (χ4v) is 3.11. The van der Waals surface area contributed by atoms with Crippen molar-refractivity contribution >= 4 is 17.3 Å². The standard InChI is InChI=1S/C13H18O4S/c1-9-7-10(11(18-9)12(14)15)17-8-13(16)5-3-2-4-6-13/h7,16H,2-6,8H2,1H3,(H,14,15). The Balaban J connectivity index is 2.03. The highest BCUT2D eigenvalue weighted by molar-refractivity contribution is 7.14. The van der Waals surface area contributed by atoms with Crippen LogP contribution in [0.4, 0.5) is 0 Å². The molecule has 1 aliphatic carbocycles. The molecule has 0 atom stereocenters. The number of hydrogen-bond acceptors (Lipinski definition) is 4. The third-order valence-electron chi connectivity index (χ3n) is 3.30. The zero-order chi connectivity index (χ0) is 13.2. The summed E-state index contributed by atoms with van der Waals surface area (Å²) in [5.41, 5.74) is -0.788. The van der Waals surface area contributed by atoms with E-state index in [-0.39, 0.29) is 11.5 Å². The van der Waals surface area contributed by atoms with Crippen molar-refractivity contribution < 1.29 is 19.7 Å². The van der Waals surface area contributed by atoms with Crippen LogP contribution in [0.1, 0.15) is 46.7 Å². The molecule has 1 saturated carbocycles. The summed E-state index contributed by atoms with van der Waals surface area (Å²) in [6, 6.07) is 1.72. The van der Waals surface area contributed by atoms with Crippen LogP contribution in [0.5, 0.6) is 5.75 Å². The zero-order valence-electron chi connectivity index (χ0n) is 10.4. The number of thiophene rings is 1. The van der Waals surface area contributed by atoms with Crippen molar-refractivity contribution in [3.05, 3.63) is 15.8 Å². The Hall–Kier alpha value is -1.07. The average molecular weight is 270 g/mol. The van der Waals surface area contributed by atoms with E-state index in [1.54, 1.807) is 6.07 Å². The fourth-order valence-electron chi connectivity index (χ4n) is 2.31. The van der Waals surface area contributed by atoms with Crippen LogP contribution in [0.15, 0.2) is 6.07 Å². The van der Waals surface area contributed by atoms with Gasteiger partial charge >= 0.3 is 5.97 Å². The molecule has 0 radical (unpaired) electrons. The molecule has 1 aromatic heterocycles. The van der Waals surface area contributed by atoms with Gasteiger partial charge in [0.25, 0.3) is 0 Å². The Bertz CT molecular complexity index is 432. The second-order valence-corrected chi connectivity index (χ2v) is 6.19. The number of carbonyl (C=O) groups is 1. The van der Waals surface area contributed by atoms with Crippen LogP contribution in [0.25, 0.3) is 0 Å². The normalized spacial score (nSPS) is 18.6. The number of hydrogen-bond donors (Lipinski definition) is 2. The highest BCUT2D eigenvalue weighted by Gasteiger charge is 2.30. The molecular formula is C13H18O4S. The Labute approximate surface area is 110 Å². The van der Waals surface area contributed by atoms with E-state index in [1.165, 1.54) is 11.3 Å². The number of aliphatic hydroxyl groups is 1. The number of carboxylic acids is 1. The zero-order valence-corrected chi connectivity index (χ0v) is 11.3. The SMILES string of the molecule is Cc1cc(OCC2(O)CCCCC2)c(C(=O)O)s1. The van der Waals surface area contributed by atoms with Crippen LogP contribution in [0.3, 0.4) is 0 Å². The summed E-state index contributed by atoms with van der Waals surface area (Å²) in [6.45, 7) is 2.03. The van der Waals surface area contributed by atoms with Crippen molar-refractivity contribution in [1.82, 2.24) is 0 Å². The Morgan fingerprint density at radius 1 is 1.44 bits per heavy atom. The van der Waals surface area contributed by atoms with Crippen LogP contribution in [0, 0.1) is 6.92 Å². The maximum atomic E-state index is 11.0. The molecule has 4 nitrogen and oxygen atoms in total. The van der Waals surface area contributed by atoms with Gasteiger partial charge in [0.2, 0.25) is 0 Å². The summed E-state index contributed by atoms with van der Waals surface area (Å²) in [5.74, 6) is -0.595. The summed E-state index contributed by atoms with van der Waals surface area (Å²) in [6.07, 6.45) is 4.64. The summed E-state index contributed by atoms with van der Waals surface area (Å²) in [7, 11) is 0. The number of carboxylic acid groups (broad SMARTS) is 1. The van der Waals surface area contributed by atoms with Crippen molar-refractivity contribution in [2.75, 3.05) is 6.61 Å². The van der Waals surface area contributed by atoms with E-state index in [2.05, 4.69) is 0 Å². The molecular weight excluding hydrogens is 252 g/mol. The first-order chi connectivity index (χ1) is 8.50. The first-order valence-electron chi connectivity index (χ1n) is 6.19. The summed E-state index contributed by atoms with van der Waals surface area (Å²) in [5, 5.41) is 19.3. The van der Waals surface area contributed by atoms with Gasteiger partial charge in [-0.3, -0.25) is 0 Å². The molecule has 1 aliphatic rings. The molecule has 0 aliphatic heterocycles. The van der Waals surface area contributed by atoms with Gasteiger partial charge in [-0.2, -0.15) is 0 Å². The van der Waals surface area contributed by atoms with Gasteiger partial charge in [-0.1, -0.05) is 19.3 Å². The highest BCUT2D eigenvalue weighted by atomic mass is 32.1. The van der Waals surface area contributed by atoms with Crippen LogP contribution in [0.2, 0.25) is 0 Å². The minimum Gasteiger partial charge on any atom is -0.489 e. The van der Waals surface area contributed by atoms with Crippen LogP contribution >= 0.6 is 11.3 Å². The van der Waals surface area contributed by atoms with Gasteiger partial charge in [-0.15, -0.1) is 11.3 Å². The molecule has 0 bridgehead atoms. The molecule has 0 saturated heterocycles. The van der Waals surface area contributed by atoms with E-state index in [0.29, 0.717) is 5.75 Å². The van der Waals surface area contributed by atoms with Gasteiger partial charge < -0.3 is 14.9 Å². The van der Waals surface area contributed by atoms with E-state index in [1.807, 2.05) is 6.92 Å². The molecule has 18 heavy (non-hydrogen) atoms. The van der Waals surface area contributed by atoms with Crippen molar-refractivity contribution in [3.8, 4) is 5.75 Å². The maximum Gasteiger partial charge on any atom is 0.349 e. The topological polar surface area (TPSA) is 66.8 Å². The van der Waals surface area contributed by atoms with E-state index >= 15 is 0 Å². The molecule has 0 spiro atoms. The van der Waals surface area contributed by atoms with E-state index in [9.17, 15) is 9.90 Å². The molecule has 0 amide bonds. The van der Waals surface area contributed by atoms with Crippen molar-refractivity contribution in [2.24, 2.45) is 0 Å². The van der Waals surface area contributed by atoms with Gasteiger partial charge in [0.1, 0.15) is 12.4 Å². The van der Waals surface area contributed by atoms with Crippen LogP contribution < -0.4 is 4.74 Å². The van der Waals surface area contributed by atoms with Gasteiger partial charge in [0.15, 0.2) is 4.88 Å². The van der Waals surface area contributed by atoms with Gasteiger partial charge in [0.05, 0.1) is 5.60 Å². The molecule has 100 valence electrons. The van der Waals surface area contributed by atoms with E-state index in [4.69, 9.17) is 9.84 Å². The Morgan fingerprint density at radius 3 is 2.72 bits per heavy atom. The first-order valence-corrected chi connectivity index (χ1v) is 7.01. The number of aromatic carboxylic acids is 1. The second kappa shape index (κ2) is 5.28. The third kappa shape index (κ3) is 3.03. The monoisotopic (exact) mass is 270 g/mol. The van der Waals surface area contributed by atoms with Crippen molar-refractivity contribution in [1.29, 1.82) is 0 Å². The Morgan fingerprint density at radius 2 is 2.11 bits per heavy atom. The molecule has 0 unspecified atom stereocenters. The minimum atomic E-state index is -0.973. The minimum absolute atomic E-state index is 0.184. The number of rotatable bonds is 4. The average Bonchev–Trinajstić information content (AvgIpc) is 2.69. The highest BCUT2D eigenvalue weighted by Crippen LogP contribution is 2.32. The molecule has 2 rings (SSSR count). The lowest BCUT2D eigenvalue weighted by molar-refractivity contribution is -0.0340. The third-order valence-corrected chi connectivity index (χ3v) is 4.32. The predicted molar refractivity (Wildman–Crippen MR) is 69.5 cm³/mol. The summed E-state index contributed by atoms with van der Waals surface area (Å²) < 4.78 is 5.54.